The molecule has 3 saturated carbocycles. The van der Waals surface area contributed by atoms with Gasteiger partial charge in [0.25, 0.3) is 0 Å². The van der Waals surface area contributed by atoms with Crippen molar-refractivity contribution in [3.63, 3.8) is 0 Å². The highest BCUT2D eigenvalue weighted by Gasteiger charge is 2.65. The highest BCUT2D eigenvalue weighted by atomic mass is 16.5. The molecule has 0 heterocycles. The second kappa shape index (κ2) is 8.11. The van der Waals surface area contributed by atoms with Gasteiger partial charge in [0.2, 0.25) is 5.91 Å². The summed E-state index contributed by atoms with van der Waals surface area (Å²) in [5.74, 6) is -0.643. The summed E-state index contributed by atoms with van der Waals surface area (Å²) >= 11 is 0. The number of carbonyl (C=O) groups excluding carboxylic acids is 2. The highest BCUT2D eigenvalue weighted by molar-refractivity contribution is 5.85. The van der Waals surface area contributed by atoms with Crippen LogP contribution in [0, 0.1) is 16.7 Å². The first-order valence-corrected chi connectivity index (χ1v) is 12.6. The Bertz CT molecular complexity index is 1160. The lowest BCUT2D eigenvalue weighted by atomic mass is 9.68. The summed E-state index contributed by atoms with van der Waals surface area (Å²) in [7, 11) is 0. The summed E-state index contributed by atoms with van der Waals surface area (Å²) in [6.45, 7) is 0.468. The fourth-order valence-corrected chi connectivity index (χ4v) is 6.58. The van der Waals surface area contributed by atoms with Gasteiger partial charge in [0, 0.05) is 18.5 Å². The van der Waals surface area contributed by atoms with Gasteiger partial charge in [-0.25, -0.2) is 4.79 Å². The van der Waals surface area contributed by atoms with Gasteiger partial charge in [-0.05, 0) is 60.3 Å². The molecule has 3 N–H and O–H groups in total. The Balaban J connectivity index is 1.04. The zero-order valence-corrected chi connectivity index (χ0v) is 19.6. The standard InChI is InChI=1S/C28H30N2O5/c31-24(30-18-12-17-13-28(17,14-18)25(32)33)27(10-5-11-27)16-29-26(34)35-15-23-21-8-3-1-6-19(21)20-7-2-4-9-22(20)23/h1-4,6-9,17-18,23H,5,10-16H2,(H,29,34)(H,30,31)(H,32,33)/t17-,18+,28+/m1/s1. The molecule has 2 aromatic carbocycles. The van der Waals surface area contributed by atoms with E-state index in [0.29, 0.717) is 19.3 Å². The average molecular weight is 475 g/mol. The van der Waals surface area contributed by atoms with E-state index in [9.17, 15) is 19.5 Å². The molecule has 0 aromatic heterocycles. The van der Waals surface area contributed by atoms with Crippen molar-refractivity contribution in [2.45, 2.75) is 50.5 Å². The third kappa shape index (κ3) is 3.60. The van der Waals surface area contributed by atoms with Gasteiger partial charge in [0.15, 0.2) is 0 Å². The maximum absolute atomic E-state index is 13.1. The lowest BCUT2D eigenvalue weighted by Gasteiger charge is -2.41. The molecule has 0 spiro atoms. The molecule has 7 nitrogen and oxygen atoms in total. The second-order valence-corrected chi connectivity index (χ2v) is 10.8. The van der Waals surface area contributed by atoms with Crippen LogP contribution in [0.2, 0.25) is 0 Å². The van der Waals surface area contributed by atoms with Crippen molar-refractivity contribution in [1.29, 1.82) is 0 Å². The van der Waals surface area contributed by atoms with Crippen LogP contribution in [0.3, 0.4) is 0 Å². The minimum Gasteiger partial charge on any atom is -0.481 e. The third-order valence-electron chi connectivity index (χ3n) is 8.88. The molecule has 4 aliphatic rings. The molecular formula is C28H30N2O5. The van der Waals surface area contributed by atoms with Gasteiger partial charge in [-0.2, -0.15) is 0 Å². The van der Waals surface area contributed by atoms with E-state index in [1.54, 1.807) is 0 Å². The Kier molecular flexibility index (Phi) is 5.13. The SMILES string of the molecule is O=C(NCC1(C(=O)N[C@H]2C[C@@H]3C[C@]3(C(=O)O)C2)CCC1)OCC1c2ccccc2-c2ccccc21. The van der Waals surface area contributed by atoms with Crippen LogP contribution in [-0.4, -0.2) is 42.3 Å². The van der Waals surface area contributed by atoms with Crippen LogP contribution < -0.4 is 10.6 Å². The predicted octanol–water partition coefficient (Wildman–Crippen LogP) is 4.06. The van der Waals surface area contributed by atoms with Crippen LogP contribution in [0.5, 0.6) is 0 Å². The molecule has 2 aromatic rings. The Morgan fingerprint density at radius 2 is 1.63 bits per heavy atom. The van der Waals surface area contributed by atoms with Crippen molar-refractivity contribution < 1.29 is 24.2 Å². The minimum absolute atomic E-state index is 0.00975. The van der Waals surface area contributed by atoms with Gasteiger partial charge in [-0.1, -0.05) is 55.0 Å². The molecule has 0 saturated heterocycles. The van der Waals surface area contributed by atoms with Crippen molar-refractivity contribution in [2.24, 2.45) is 16.7 Å². The fraction of sp³-hybridized carbons (Fsp3) is 0.464. The number of carboxylic acid groups (broad SMARTS) is 1. The number of ether oxygens (including phenoxy) is 1. The zero-order chi connectivity index (χ0) is 24.2. The van der Waals surface area contributed by atoms with Crippen LogP contribution in [-0.2, 0) is 14.3 Å². The van der Waals surface area contributed by atoms with Crippen LogP contribution in [0.4, 0.5) is 4.79 Å². The van der Waals surface area contributed by atoms with Crippen LogP contribution in [0.25, 0.3) is 11.1 Å². The molecular weight excluding hydrogens is 444 g/mol. The predicted molar refractivity (Wildman–Crippen MR) is 129 cm³/mol. The number of rotatable bonds is 7. The van der Waals surface area contributed by atoms with Gasteiger partial charge in [0.05, 0.1) is 10.8 Å². The highest BCUT2D eigenvalue weighted by Crippen LogP contribution is 2.63. The summed E-state index contributed by atoms with van der Waals surface area (Å²) < 4.78 is 5.63. The number of aliphatic carboxylic acids is 1. The first-order valence-electron chi connectivity index (χ1n) is 12.6. The maximum atomic E-state index is 13.1. The summed E-state index contributed by atoms with van der Waals surface area (Å²) in [6.07, 6.45) is 3.81. The molecule has 0 radical (unpaired) electrons. The van der Waals surface area contributed by atoms with Gasteiger partial charge in [0.1, 0.15) is 6.61 Å². The number of alkyl carbamates (subject to hydrolysis) is 1. The van der Waals surface area contributed by atoms with Gasteiger partial charge >= 0.3 is 12.1 Å². The molecule has 7 heteroatoms. The molecule has 6 rings (SSSR count). The number of hydrogen-bond donors (Lipinski definition) is 3. The van der Waals surface area contributed by atoms with E-state index in [-0.39, 0.29) is 36.9 Å². The second-order valence-electron chi connectivity index (χ2n) is 10.8. The van der Waals surface area contributed by atoms with Crippen molar-refractivity contribution in [2.75, 3.05) is 13.2 Å². The zero-order valence-electron chi connectivity index (χ0n) is 19.6. The number of benzene rings is 2. The smallest absolute Gasteiger partial charge is 0.407 e. The Hall–Kier alpha value is -3.35. The topological polar surface area (TPSA) is 105 Å². The Labute approximate surface area is 204 Å². The first-order chi connectivity index (χ1) is 16.9. The van der Waals surface area contributed by atoms with Crippen LogP contribution >= 0.6 is 0 Å². The maximum Gasteiger partial charge on any atom is 0.407 e. The lowest BCUT2D eigenvalue weighted by molar-refractivity contribution is -0.144. The summed E-state index contributed by atoms with van der Waals surface area (Å²) in [4.78, 5) is 37.3. The lowest BCUT2D eigenvalue weighted by Crippen LogP contribution is -2.54. The van der Waals surface area contributed by atoms with E-state index in [4.69, 9.17) is 4.74 Å². The normalized spacial score (nSPS) is 27.1. The average Bonchev–Trinajstić information content (AvgIpc) is 3.26. The molecule has 3 atom stereocenters. The Morgan fingerprint density at radius 1 is 0.971 bits per heavy atom. The largest absolute Gasteiger partial charge is 0.481 e. The van der Waals surface area contributed by atoms with E-state index < -0.39 is 22.9 Å². The fourth-order valence-electron chi connectivity index (χ4n) is 6.58. The molecule has 0 aliphatic heterocycles. The number of hydrogen-bond acceptors (Lipinski definition) is 4. The summed E-state index contributed by atoms with van der Waals surface area (Å²) in [5.41, 5.74) is 3.42. The van der Waals surface area contributed by atoms with Gasteiger partial charge < -0.3 is 20.5 Å². The van der Waals surface area contributed by atoms with E-state index in [0.717, 1.165) is 30.4 Å². The van der Waals surface area contributed by atoms with Crippen LogP contribution in [0.15, 0.2) is 48.5 Å². The molecule has 4 aliphatic carbocycles. The molecule has 2 amide bonds. The molecule has 3 fully saturated rings. The van der Waals surface area contributed by atoms with Crippen molar-refractivity contribution in [1.82, 2.24) is 10.6 Å². The molecule has 182 valence electrons. The van der Waals surface area contributed by atoms with E-state index in [2.05, 4.69) is 34.9 Å². The van der Waals surface area contributed by atoms with Crippen LogP contribution in [0.1, 0.15) is 55.6 Å². The molecule has 35 heavy (non-hydrogen) atoms. The Morgan fingerprint density at radius 3 is 2.20 bits per heavy atom. The van der Waals surface area contributed by atoms with Gasteiger partial charge in [-0.15, -0.1) is 0 Å². The van der Waals surface area contributed by atoms with E-state index in [1.807, 2.05) is 24.3 Å². The number of nitrogens with one attached hydrogen (secondary N) is 2. The van der Waals surface area contributed by atoms with Crippen molar-refractivity contribution in [3.05, 3.63) is 59.7 Å². The third-order valence-corrected chi connectivity index (χ3v) is 8.88. The van der Waals surface area contributed by atoms with E-state index >= 15 is 0 Å². The molecule has 0 bridgehead atoms. The monoisotopic (exact) mass is 474 g/mol. The number of fused-ring (bicyclic) bond motifs is 4. The molecule has 0 unspecified atom stereocenters. The number of carboxylic acids is 1. The summed E-state index contributed by atoms with van der Waals surface area (Å²) in [5, 5.41) is 15.4. The van der Waals surface area contributed by atoms with E-state index in [1.165, 1.54) is 11.1 Å². The minimum atomic E-state index is -0.741. The van der Waals surface area contributed by atoms with Gasteiger partial charge in [-0.3, -0.25) is 9.59 Å². The van der Waals surface area contributed by atoms with Crippen molar-refractivity contribution >= 4 is 18.0 Å². The first kappa shape index (κ1) is 22.1. The quantitative estimate of drug-likeness (QED) is 0.561. The summed E-state index contributed by atoms with van der Waals surface area (Å²) in [6, 6.07) is 16.3. The number of carbonyl (C=O) groups is 3. The van der Waals surface area contributed by atoms with Crippen molar-refractivity contribution in [3.8, 4) is 11.1 Å². The number of amides is 2.